The number of nitrogens with one attached hydrogen (secondary N) is 2. The third-order valence-corrected chi connectivity index (χ3v) is 4.69. The molecule has 0 saturated heterocycles. The lowest BCUT2D eigenvalue weighted by atomic mass is 9.85. The summed E-state index contributed by atoms with van der Waals surface area (Å²) >= 11 is 0. The van der Waals surface area contributed by atoms with Crippen molar-refractivity contribution in [2.45, 2.75) is 11.4 Å². The number of sulfonamides is 1. The molecule has 0 fully saturated rings. The molecule has 0 aromatic heterocycles. The summed E-state index contributed by atoms with van der Waals surface area (Å²) in [6.07, 6.45) is 0. The summed E-state index contributed by atoms with van der Waals surface area (Å²) in [7, 11) is -5.77. The topological polar surface area (TPSA) is 75.3 Å². The van der Waals surface area contributed by atoms with Crippen LogP contribution >= 0.6 is 0 Å². The van der Waals surface area contributed by atoms with Crippen LogP contribution in [0.1, 0.15) is 17.0 Å². The van der Waals surface area contributed by atoms with Crippen molar-refractivity contribution in [1.82, 2.24) is 4.72 Å². The summed E-state index contributed by atoms with van der Waals surface area (Å²) in [6.45, 7) is 0. The normalized spacial score (nSPS) is 14.3. The Morgan fingerprint density at radius 3 is 1.88 bits per heavy atom. The van der Waals surface area contributed by atoms with Crippen LogP contribution in [-0.4, -0.2) is 19.8 Å². The van der Waals surface area contributed by atoms with Crippen molar-refractivity contribution >= 4 is 27.3 Å². The lowest BCUT2D eigenvalue weighted by Crippen LogP contribution is -2.43. The number of anilines is 2. The number of halogens is 3. The molecule has 1 amide bonds. The molecule has 2 aromatic rings. The number of amides is 1. The number of para-hydroxylation sites is 2. The first-order valence-electron chi connectivity index (χ1n) is 6.78. The van der Waals surface area contributed by atoms with Crippen molar-refractivity contribution in [2.75, 3.05) is 5.32 Å². The van der Waals surface area contributed by atoms with Crippen LogP contribution in [-0.2, 0) is 14.8 Å². The van der Waals surface area contributed by atoms with Gasteiger partial charge in [-0.3, -0.25) is 4.79 Å². The third kappa shape index (κ3) is 2.71. The molecule has 24 heavy (non-hydrogen) atoms. The number of rotatable bonds is 2. The lowest BCUT2D eigenvalue weighted by molar-refractivity contribution is -0.120. The number of hydrogen-bond acceptors (Lipinski definition) is 4. The van der Waals surface area contributed by atoms with Gasteiger partial charge in [-0.25, -0.2) is 4.72 Å². The second-order valence-corrected chi connectivity index (χ2v) is 6.82. The van der Waals surface area contributed by atoms with Crippen LogP contribution in [0.15, 0.2) is 48.5 Å². The molecule has 0 atom stereocenters. The molecule has 9 heteroatoms. The highest BCUT2D eigenvalue weighted by atomic mass is 32.2. The Labute approximate surface area is 135 Å². The molecular weight excluding hydrogens is 345 g/mol. The molecule has 2 N–H and O–H groups in total. The highest BCUT2D eigenvalue weighted by molar-refractivity contribution is 7.90. The van der Waals surface area contributed by atoms with Gasteiger partial charge < -0.3 is 5.32 Å². The van der Waals surface area contributed by atoms with Crippen molar-refractivity contribution in [3.05, 3.63) is 59.7 Å². The van der Waals surface area contributed by atoms with Crippen LogP contribution in [0.3, 0.4) is 0 Å². The number of hydrogen-bond donors (Lipinski definition) is 2. The molecule has 0 bridgehead atoms. The van der Waals surface area contributed by atoms with Gasteiger partial charge in [-0.15, -0.1) is 0 Å². The van der Waals surface area contributed by atoms with E-state index in [0.29, 0.717) is 22.5 Å². The minimum atomic E-state index is -5.77. The number of benzene rings is 2. The fourth-order valence-corrected chi connectivity index (χ4v) is 3.07. The zero-order valence-corrected chi connectivity index (χ0v) is 12.8. The van der Waals surface area contributed by atoms with E-state index in [1.165, 1.54) is 0 Å². The fraction of sp³-hybridized carbons (Fsp3) is 0.133. The van der Waals surface area contributed by atoms with Gasteiger partial charge in [0.15, 0.2) is 0 Å². The average Bonchev–Trinajstić information content (AvgIpc) is 2.50. The summed E-state index contributed by atoms with van der Waals surface area (Å²) in [5, 5.41) is 3.07. The van der Waals surface area contributed by atoms with Crippen LogP contribution in [0.4, 0.5) is 24.5 Å². The second-order valence-electron chi connectivity index (χ2n) is 5.15. The standard InChI is InChI=1S/C15H11F3N2O3S/c16-15(17,18)24(22,23)20-14(21)13-9-5-1-3-7-11(9)19-12-8-4-2-6-10(12)13/h1-8,13,19H,(H,20,21). The highest BCUT2D eigenvalue weighted by Crippen LogP contribution is 2.41. The van der Waals surface area contributed by atoms with Gasteiger partial charge in [0, 0.05) is 11.4 Å². The molecule has 0 unspecified atom stereocenters. The van der Waals surface area contributed by atoms with E-state index >= 15 is 0 Å². The third-order valence-electron chi connectivity index (χ3n) is 3.61. The van der Waals surface area contributed by atoms with E-state index in [2.05, 4.69) is 5.32 Å². The van der Waals surface area contributed by atoms with Gasteiger partial charge in [0.25, 0.3) is 0 Å². The fourth-order valence-electron chi connectivity index (χ4n) is 2.57. The van der Waals surface area contributed by atoms with E-state index in [9.17, 15) is 26.4 Å². The van der Waals surface area contributed by atoms with Gasteiger partial charge in [-0.05, 0) is 23.3 Å². The molecule has 1 aliphatic heterocycles. The van der Waals surface area contributed by atoms with Crippen LogP contribution in [0.25, 0.3) is 0 Å². The van der Waals surface area contributed by atoms with E-state index < -0.39 is 27.4 Å². The Hall–Kier alpha value is -2.55. The van der Waals surface area contributed by atoms with Gasteiger partial charge in [0.05, 0.1) is 5.92 Å². The largest absolute Gasteiger partial charge is 0.516 e. The molecule has 126 valence electrons. The zero-order chi connectivity index (χ0) is 17.5. The van der Waals surface area contributed by atoms with E-state index in [1.54, 1.807) is 48.5 Å². The molecule has 2 aromatic carbocycles. The number of alkyl halides is 3. The van der Waals surface area contributed by atoms with Crippen molar-refractivity contribution in [3.8, 4) is 0 Å². The summed E-state index contributed by atoms with van der Waals surface area (Å²) in [5.74, 6) is -2.43. The Balaban J connectivity index is 2.06. The maximum atomic E-state index is 12.5. The number of fused-ring (bicyclic) bond motifs is 2. The monoisotopic (exact) mass is 356 g/mol. The summed E-state index contributed by atoms with van der Waals surface area (Å²) in [4.78, 5) is 12.4. The molecule has 1 heterocycles. The average molecular weight is 356 g/mol. The Morgan fingerprint density at radius 2 is 1.42 bits per heavy atom. The number of carbonyl (C=O) groups is 1. The Kier molecular flexibility index (Phi) is 3.75. The van der Waals surface area contributed by atoms with Crippen LogP contribution in [0.5, 0.6) is 0 Å². The molecule has 0 saturated carbocycles. The summed E-state index contributed by atoms with van der Waals surface area (Å²) in [6, 6.07) is 13.1. The molecule has 1 aliphatic rings. The van der Waals surface area contributed by atoms with Gasteiger partial charge in [-0.1, -0.05) is 36.4 Å². The lowest BCUT2D eigenvalue weighted by Gasteiger charge is -2.28. The van der Waals surface area contributed by atoms with Crippen LogP contribution in [0, 0.1) is 0 Å². The SMILES string of the molecule is O=C(NS(=O)(=O)C(F)(F)F)C1c2ccccc2Nc2ccccc21. The molecule has 3 rings (SSSR count). The predicted octanol–water partition coefficient (Wildman–Crippen LogP) is 2.84. The van der Waals surface area contributed by atoms with Crippen molar-refractivity contribution < 1.29 is 26.4 Å². The van der Waals surface area contributed by atoms with E-state index in [-0.39, 0.29) is 0 Å². The molecule has 0 aliphatic carbocycles. The zero-order valence-electron chi connectivity index (χ0n) is 12.0. The van der Waals surface area contributed by atoms with Crippen LogP contribution in [0.2, 0.25) is 0 Å². The minimum absolute atomic E-state index is 0.395. The minimum Gasteiger partial charge on any atom is -0.355 e. The first-order valence-corrected chi connectivity index (χ1v) is 8.27. The van der Waals surface area contributed by atoms with Crippen molar-refractivity contribution in [2.24, 2.45) is 0 Å². The van der Waals surface area contributed by atoms with Crippen molar-refractivity contribution in [1.29, 1.82) is 0 Å². The maximum absolute atomic E-state index is 12.5. The maximum Gasteiger partial charge on any atom is 0.516 e. The molecule has 0 radical (unpaired) electrons. The quantitative estimate of drug-likeness (QED) is 0.868. The molecule has 0 spiro atoms. The highest BCUT2D eigenvalue weighted by Gasteiger charge is 2.48. The first kappa shape index (κ1) is 16.3. The summed E-state index contributed by atoms with van der Waals surface area (Å²) < 4.78 is 61.3. The van der Waals surface area contributed by atoms with Crippen molar-refractivity contribution in [3.63, 3.8) is 0 Å². The summed E-state index contributed by atoms with van der Waals surface area (Å²) in [5.41, 5.74) is -3.71. The smallest absolute Gasteiger partial charge is 0.355 e. The van der Waals surface area contributed by atoms with Gasteiger partial charge in [0.2, 0.25) is 5.91 Å². The Morgan fingerprint density at radius 1 is 0.958 bits per heavy atom. The van der Waals surface area contributed by atoms with Gasteiger partial charge in [0.1, 0.15) is 0 Å². The Bertz CT molecular complexity index is 865. The second kappa shape index (κ2) is 5.52. The van der Waals surface area contributed by atoms with Gasteiger partial charge >= 0.3 is 15.5 Å². The molecule has 5 nitrogen and oxygen atoms in total. The predicted molar refractivity (Wildman–Crippen MR) is 81.1 cm³/mol. The van der Waals surface area contributed by atoms with E-state index in [0.717, 1.165) is 4.72 Å². The van der Waals surface area contributed by atoms with E-state index in [4.69, 9.17) is 0 Å². The number of carbonyl (C=O) groups excluding carboxylic acids is 1. The van der Waals surface area contributed by atoms with Gasteiger partial charge in [-0.2, -0.15) is 21.6 Å². The first-order chi connectivity index (χ1) is 11.2. The van der Waals surface area contributed by atoms with Crippen LogP contribution < -0.4 is 10.0 Å². The van der Waals surface area contributed by atoms with E-state index in [1.807, 2.05) is 0 Å². The molecular formula is C15H11F3N2O3S.